The molecule has 0 aromatic heterocycles. The normalized spacial score (nSPS) is 24.3. The fourth-order valence-electron chi connectivity index (χ4n) is 5.05. The molecule has 2 bridgehead atoms. The number of nitrogens with one attached hydrogen (secondary N) is 1. The van der Waals surface area contributed by atoms with Crippen LogP contribution in [0, 0.1) is 23.7 Å². The van der Waals surface area contributed by atoms with Crippen LogP contribution in [-0.4, -0.2) is 42.2 Å². The van der Waals surface area contributed by atoms with Gasteiger partial charge in [0.2, 0.25) is 0 Å². The number of hydrogen-bond donors (Lipinski definition) is 1. The Morgan fingerprint density at radius 2 is 1.80 bits per heavy atom. The summed E-state index contributed by atoms with van der Waals surface area (Å²) in [5.41, 5.74) is 1.29. The van der Waals surface area contributed by atoms with Gasteiger partial charge in [-0.1, -0.05) is 30.4 Å². The zero-order valence-corrected chi connectivity index (χ0v) is 20.6. The molecule has 1 aliphatic heterocycles. The summed E-state index contributed by atoms with van der Waals surface area (Å²) in [5.74, 6) is -0.311. The largest absolute Gasteiger partial charge is 0.490 e. The van der Waals surface area contributed by atoms with Crippen LogP contribution in [0.25, 0.3) is 0 Å². The summed E-state index contributed by atoms with van der Waals surface area (Å²) >= 11 is 3.47. The van der Waals surface area contributed by atoms with Gasteiger partial charge in [-0.3, -0.25) is 14.4 Å². The predicted octanol–water partition coefficient (Wildman–Crippen LogP) is 4.01. The highest BCUT2D eigenvalue weighted by Crippen LogP contribution is 2.52. The first kappa shape index (κ1) is 23.3. The lowest BCUT2D eigenvalue weighted by atomic mass is 9.85. The van der Waals surface area contributed by atoms with Crippen molar-refractivity contribution in [1.29, 1.82) is 0 Å². The Bertz CT molecular complexity index is 1200. The van der Waals surface area contributed by atoms with E-state index < -0.39 is 0 Å². The molecule has 5 rings (SSSR count). The van der Waals surface area contributed by atoms with Crippen molar-refractivity contribution >= 4 is 45.6 Å². The van der Waals surface area contributed by atoms with E-state index in [1.54, 1.807) is 24.3 Å². The van der Waals surface area contributed by atoms with E-state index in [1.165, 1.54) is 6.21 Å². The number of halogens is 1. The Labute approximate surface area is 211 Å². The van der Waals surface area contributed by atoms with E-state index in [-0.39, 0.29) is 48.0 Å². The van der Waals surface area contributed by atoms with Crippen LogP contribution in [0.15, 0.2) is 64.2 Å². The Kier molecular flexibility index (Phi) is 6.42. The molecular weight excluding hydrogens is 514 g/mol. The number of ether oxygens (including phenoxy) is 2. The number of carbonyl (C=O) groups excluding carboxylic acids is 3. The van der Waals surface area contributed by atoms with Crippen molar-refractivity contribution in [3.8, 4) is 11.5 Å². The van der Waals surface area contributed by atoms with Crippen molar-refractivity contribution in [2.45, 2.75) is 13.3 Å². The van der Waals surface area contributed by atoms with Gasteiger partial charge in [0.25, 0.3) is 17.7 Å². The molecule has 0 spiro atoms. The standard InChI is InChI=1S/C26H24BrN3O5/c1-2-34-20-11-15(10-19(27)24(20)35-14-21(31)29-18-6-4-3-5-7-18)13-28-30-25(32)22-16-8-9-17(12-16)23(22)26(30)33/h3-11,13,16-17,22-23H,2,12,14H2,1H3,(H,29,31)/t16-,17-,22-,23+/m0/s1. The molecule has 2 fully saturated rings. The minimum absolute atomic E-state index is 0.135. The van der Waals surface area contributed by atoms with Crippen LogP contribution in [0.5, 0.6) is 11.5 Å². The van der Waals surface area contributed by atoms with Crippen molar-refractivity contribution in [1.82, 2.24) is 5.01 Å². The molecule has 1 N–H and O–H groups in total. The van der Waals surface area contributed by atoms with E-state index in [2.05, 4.69) is 38.5 Å². The number of hydrogen-bond acceptors (Lipinski definition) is 6. The van der Waals surface area contributed by atoms with Crippen LogP contribution in [0.4, 0.5) is 5.69 Å². The van der Waals surface area contributed by atoms with E-state index in [9.17, 15) is 14.4 Å². The average Bonchev–Trinajstić information content (AvgIpc) is 3.52. The summed E-state index contributed by atoms with van der Waals surface area (Å²) in [4.78, 5) is 38.0. The maximum Gasteiger partial charge on any atom is 0.262 e. The van der Waals surface area contributed by atoms with Gasteiger partial charge in [0.05, 0.1) is 29.1 Å². The summed E-state index contributed by atoms with van der Waals surface area (Å²) in [6, 6.07) is 12.5. The van der Waals surface area contributed by atoms with E-state index in [0.717, 1.165) is 11.4 Å². The number of para-hydroxylation sites is 1. The first-order valence-corrected chi connectivity index (χ1v) is 12.3. The van der Waals surface area contributed by atoms with Crippen LogP contribution < -0.4 is 14.8 Å². The molecule has 1 saturated heterocycles. The van der Waals surface area contributed by atoms with Gasteiger partial charge >= 0.3 is 0 Å². The van der Waals surface area contributed by atoms with Crippen LogP contribution in [0.2, 0.25) is 0 Å². The van der Waals surface area contributed by atoms with Crippen LogP contribution in [0.3, 0.4) is 0 Å². The van der Waals surface area contributed by atoms with Crippen molar-refractivity contribution in [3.05, 3.63) is 64.7 Å². The molecule has 8 nitrogen and oxygen atoms in total. The van der Waals surface area contributed by atoms with Gasteiger partial charge in [0, 0.05) is 5.69 Å². The zero-order valence-electron chi connectivity index (χ0n) is 19.0. The molecule has 35 heavy (non-hydrogen) atoms. The molecule has 180 valence electrons. The maximum atomic E-state index is 12.8. The molecule has 2 aliphatic carbocycles. The number of amides is 3. The van der Waals surface area contributed by atoms with Gasteiger partial charge in [-0.15, -0.1) is 0 Å². The third kappa shape index (κ3) is 4.48. The fraction of sp³-hybridized carbons (Fsp3) is 0.308. The monoisotopic (exact) mass is 537 g/mol. The van der Waals surface area contributed by atoms with Crippen LogP contribution in [-0.2, 0) is 14.4 Å². The number of fused-ring (bicyclic) bond motifs is 5. The van der Waals surface area contributed by atoms with Crippen molar-refractivity contribution < 1.29 is 23.9 Å². The fourth-order valence-corrected chi connectivity index (χ4v) is 5.62. The number of anilines is 1. The van der Waals surface area contributed by atoms with E-state index >= 15 is 0 Å². The Hall–Kier alpha value is -3.46. The van der Waals surface area contributed by atoms with Gasteiger partial charge in [0.15, 0.2) is 18.1 Å². The third-order valence-corrected chi connectivity index (χ3v) is 7.10. The molecule has 2 aromatic carbocycles. The highest BCUT2D eigenvalue weighted by Gasteiger charge is 2.59. The van der Waals surface area contributed by atoms with Crippen molar-refractivity contribution in [2.24, 2.45) is 28.8 Å². The topological polar surface area (TPSA) is 97.3 Å². The number of imide groups is 1. The van der Waals surface area contributed by atoms with E-state index in [0.29, 0.717) is 33.8 Å². The molecule has 1 saturated carbocycles. The molecule has 3 amide bonds. The van der Waals surface area contributed by atoms with Crippen LogP contribution in [0.1, 0.15) is 18.9 Å². The van der Waals surface area contributed by atoms with Gasteiger partial charge in [-0.05, 0) is 70.9 Å². The molecule has 0 unspecified atom stereocenters. The molecule has 3 aliphatic rings. The average molecular weight is 538 g/mol. The lowest BCUT2D eigenvalue weighted by Gasteiger charge is -2.15. The first-order chi connectivity index (χ1) is 17.0. The van der Waals surface area contributed by atoms with Crippen molar-refractivity contribution in [2.75, 3.05) is 18.5 Å². The number of hydrazone groups is 1. The quantitative estimate of drug-likeness (QED) is 0.311. The summed E-state index contributed by atoms with van der Waals surface area (Å²) in [5, 5.41) is 8.00. The number of nitrogens with zero attached hydrogens (tertiary/aromatic N) is 2. The van der Waals surface area contributed by atoms with Gasteiger partial charge in [0.1, 0.15) is 0 Å². The second-order valence-corrected chi connectivity index (χ2v) is 9.55. The number of rotatable bonds is 8. The second-order valence-electron chi connectivity index (χ2n) is 8.70. The Morgan fingerprint density at radius 3 is 2.46 bits per heavy atom. The maximum absolute atomic E-state index is 12.8. The lowest BCUT2D eigenvalue weighted by molar-refractivity contribution is -0.140. The molecular formula is C26H24BrN3O5. The Morgan fingerprint density at radius 1 is 1.11 bits per heavy atom. The number of benzene rings is 2. The molecule has 0 radical (unpaired) electrons. The zero-order chi connectivity index (χ0) is 24.5. The minimum Gasteiger partial charge on any atom is -0.490 e. The summed E-state index contributed by atoms with van der Waals surface area (Å²) < 4.78 is 12.0. The summed E-state index contributed by atoms with van der Waals surface area (Å²) in [7, 11) is 0. The predicted molar refractivity (Wildman–Crippen MR) is 133 cm³/mol. The first-order valence-electron chi connectivity index (χ1n) is 11.5. The minimum atomic E-state index is -0.309. The van der Waals surface area contributed by atoms with Gasteiger partial charge < -0.3 is 14.8 Å². The highest BCUT2D eigenvalue weighted by molar-refractivity contribution is 9.10. The second kappa shape index (κ2) is 9.65. The third-order valence-electron chi connectivity index (χ3n) is 6.51. The van der Waals surface area contributed by atoms with E-state index in [4.69, 9.17) is 9.47 Å². The number of carbonyl (C=O) groups is 3. The van der Waals surface area contributed by atoms with Gasteiger partial charge in [-0.2, -0.15) is 10.1 Å². The SMILES string of the molecule is CCOc1cc(C=NN2C(=O)[C@@H]3[C@H](C2=O)[C@H]2C=C[C@H]3C2)cc(Br)c1OCC(=O)Nc1ccccc1. The van der Waals surface area contributed by atoms with Crippen molar-refractivity contribution in [3.63, 3.8) is 0 Å². The number of allylic oxidation sites excluding steroid dienone is 2. The summed E-state index contributed by atoms with van der Waals surface area (Å²) in [6.45, 7) is 2.00. The smallest absolute Gasteiger partial charge is 0.262 e. The van der Waals surface area contributed by atoms with E-state index in [1.807, 2.05) is 25.1 Å². The molecule has 1 heterocycles. The molecule has 4 atom stereocenters. The van der Waals surface area contributed by atoms with Crippen LogP contribution >= 0.6 is 15.9 Å². The molecule has 9 heteroatoms. The van der Waals surface area contributed by atoms with Gasteiger partial charge in [-0.25, -0.2) is 0 Å². The summed E-state index contributed by atoms with van der Waals surface area (Å²) in [6.07, 6.45) is 6.44. The Balaban J connectivity index is 1.29. The highest BCUT2D eigenvalue weighted by atomic mass is 79.9. The molecule has 2 aromatic rings. The lowest BCUT2D eigenvalue weighted by Crippen LogP contribution is -2.28.